The van der Waals surface area contributed by atoms with Crippen LogP contribution in [0, 0.1) is 17.3 Å². The van der Waals surface area contributed by atoms with Gasteiger partial charge >= 0.3 is 0 Å². The highest BCUT2D eigenvalue weighted by Crippen LogP contribution is 2.32. The molecule has 1 nitrogen and oxygen atoms in total. The summed E-state index contributed by atoms with van der Waals surface area (Å²) in [6.45, 7) is 13.1. The first-order valence-corrected chi connectivity index (χ1v) is 7.37. The van der Waals surface area contributed by atoms with Crippen molar-refractivity contribution in [3.8, 4) is 0 Å². The molecule has 2 heteroatoms. The molecular weight excluding hydrogens is 250 g/mol. The summed E-state index contributed by atoms with van der Waals surface area (Å²) < 4.78 is 0. The van der Waals surface area contributed by atoms with Crippen molar-refractivity contribution in [3.05, 3.63) is 0 Å². The normalized spacial score (nSPS) is 19.6. The van der Waals surface area contributed by atoms with Gasteiger partial charge in [-0.2, -0.15) is 0 Å². The van der Waals surface area contributed by atoms with Crippen LogP contribution in [-0.2, 0) is 0 Å². The van der Waals surface area contributed by atoms with E-state index in [-0.39, 0.29) is 0 Å². The summed E-state index contributed by atoms with van der Waals surface area (Å²) in [5.41, 5.74) is 0.417. The first kappa shape index (κ1) is 13.5. The summed E-state index contributed by atoms with van der Waals surface area (Å²) in [5, 5.41) is 1.12. The van der Waals surface area contributed by atoms with Crippen LogP contribution in [0.5, 0.6) is 0 Å². The van der Waals surface area contributed by atoms with Gasteiger partial charge in [0, 0.05) is 18.4 Å². The molecule has 0 heterocycles. The second-order valence-electron chi connectivity index (χ2n) is 6.01. The molecule has 1 atom stereocenters. The Labute approximate surface area is 104 Å². The quantitative estimate of drug-likeness (QED) is 0.667. The minimum atomic E-state index is 0.417. The van der Waals surface area contributed by atoms with Gasteiger partial charge in [0.15, 0.2) is 0 Å². The van der Waals surface area contributed by atoms with Gasteiger partial charge in [-0.3, -0.25) is 0 Å². The molecule has 0 amide bonds. The van der Waals surface area contributed by atoms with Crippen molar-refractivity contribution >= 4 is 15.9 Å². The van der Waals surface area contributed by atoms with Crippen LogP contribution in [-0.4, -0.2) is 29.9 Å². The molecule has 90 valence electrons. The standard InChI is InChI=1S/C13H26BrN/c1-5-15(9-11-6-7-11)10-12(8-14)13(2,3)4/h11-12H,5-10H2,1-4H3. The monoisotopic (exact) mass is 275 g/mol. The van der Waals surface area contributed by atoms with Gasteiger partial charge in [0.05, 0.1) is 0 Å². The van der Waals surface area contributed by atoms with Gasteiger partial charge in [-0.15, -0.1) is 0 Å². The highest BCUT2D eigenvalue weighted by molar-refractivity contribution is 9.09. The molecule has 15 heavy (non-hydrogen) atoms. The predicted molar refractivity (Wildman–Crippen MR) is 71.6 cm³/mol. The Morgan fingerprint density at radius 2 is 1.93 bits per heavy atom. The fourth-order valence-electron chi connectivity index (χ4n) is 1.86. The lowest BCUT2D eigenvalue weighted by molar-refractivity contribution is 0.166. The minimum Gasteiger partial charge on any atom is -0.303 e. The van der Waals surface area contributed by atoms with Crippen LogP contribution in [0.1, 0.15) is 40.5 Å². The minimum absolute atomic E-state index is 0.417. The van der Waals surface area contributed by atoms with Crippen LogP contribution in [0.2, 0.25) is 0 Å². The van der Waals surface area contributed by atoms with Crippen LogP contribution in [0.25, 0.3) is 0 Å². The van der Waals surface area contributed by atoms with Crippen LogP contribution in [0.3, 0.4) is 0 Å². The highest BCUT2D eigenvalue weighted by atomic mass is 79.9. The van der Waals surface area contributed by atoms with Crippen LogP contribution in [0.4, 0.5) is 0 Å². The molecule has 0 N–H and O–H groups in total. The van der Waals surface area contributed by atoms with E-state index in [1.54, 1.807) is 0 Å². The zero-order chi connectivity index (χ0) is 11.5. The van der Waals surface area contributed by atoms with Crippen molar-refractivity contribution in [2.75, 3.05) is 25.0 Å². The second-order valence-corrected chi connectivity index (χ2v) is 6.66. The van der Waals surface area contributed by atoms with Crippen molar-refractivity contribution in [2.24, 2.45) is 17.3 Å². The van der Waals surface area contributed by atoms with E-state index >= 15 is 0 Å². The summed E-state index contributed by atoms with van der Waals surface area (Å²) in [5.74, 6) is 1.78. The van der Waals surface area contributed by atoms with Crippen molar-refractivity contribution in [3.63, 3.8) is 0 Å². The lowest BCUT2D eigenvalue weighted by Crippen LogP contribution is -2.37. The van der Waals surface area contributed by atoms with Gasteiger partial charge in [0.1, 0.15) is 0 Å². The largest absolute Gasteiger partial charge is 0.303 e. The van der Waals surface area contributed by atoms with E-state index in [0.29, 0.717) is 5.41 Å². The van der Waals surface area contributed by atoms with E-state index in [9.17, 15) is 0 Å². The maximum absolute atomic E-state index is 3.66. The molecule has 1 fully saturated rings. The topological polar surface area (TPSA) is 3.24 Å². The Bertz CT molecular complexity index is 181. The molecular formula is C13H26BrN. The van der Waals surface area contributed by atoms with Gasteiger partial charge < -0.3 is 4.90 Å². The van der Waals surface area contributed by atoms with E-state index in [0.717, 1.165) is 17.2 Å². The van der Waals surface area contributed by atoms with Gasteiger partial charge in [-0.25, -0.2) is 0 Å². The number of nitrogens with zero attached hydrogens (tertiary/aromatic N) is 1. The Morgan fingerprint density at radius 3 is 2.27 bits per heavy atom. The fraction of sp³-hybridized carbons (Fsp3) is 1.00. The molecule has 0 saturated heterocycles. The third-order valence-electron chi connectivity index (χ3n) is 3.55. The first-order valence-electron chi connectivity index (χ1n) is 6.25. The van der Waals surface area contributed by atoms with E-state index in [1.807, 2.05) is 0 Å². The average molecular weight is 276 g/mol. The third-order valence-corrected chi connectivity index (χ3v) is 4.33. The molecule has 0 aromatic heterocycles. The molecule has 1 unspecified atom stereocenters. The Hall–Kier alpha value is 0.440. The molecule has 0 bridgehead atoms. The average Bonchev–Trinajstić information content (AvgIpc) is 2.93. The fourth-order valence-corrected chi connectivity index (χ4v) is 3.04. The van der Waals surface area contributed by atoms with Gasteiger partial charge in [0.25, 0.3) is 0 Å². The summed E-state index contributed by atoms with van der Waals surface area (Å²) in [7, 11) is 0. The lowest BCUT2D eigenvalue weighted by Gasteiger charge is -2.34. The van der Waals surface area contributed by atoms with Crippen molar-refractivity contribution in [2.45, 2.75) is 40.5 Å². The maximum atomic E-state index is 3.66. The molecule has 0 aliphatic heterocycles. The van der Waals surface area contributed by atoms with E-state index in [4.69, 9.17) is 0 Å². The molecule has 0 radical (unpaired) electrons. The highest BCUT2D eigenvalue weighted by Gasteiger charge is 2.28. The Morgan fingerprint density at radius 1 is 1.33 bits per heavy atom. The number of hydrogen-bond acceptors (Lipinski definition) is 1. The predicted octanol–water partition coefficient (Wildman–Crippen LogP) is 3.78. The number of rotatable bonds is 6. The number of halogens is 1. The smallest absolute Gasteiger partial charge is 0.00768 e. The second kappa shape index (κ2) is 5.67. The molecule has 0 aromatic rings. The first-order chi connectivity index (χ1) is 6.97. The number of hydrogen-bond donors (Lipinski definition) is 0. The Balaban J connectivity index is 2.39. The summed E-state index contributed by atoms with van der Waals surface area (Å²) in [6, 6.07) is 0. The van der Waals surface area contributed by atoms with Crippen LogP contribution >= 0.6 is 15.9 Å². The van der Waals surface area contributed by atoms with Gasteiger partial charge in [-0.1, -0.05) is 43.6 Å². The molecule has 0 spiro atoms. The number of alkyl halides is 1. The van der Waals surface area contributed by atoms with Gasteiger partial charge in [0.2, 0.25) is 0 Å². The van der Waals surface area contributed by atoms with Gasteiger partial charge in [-0.05, 0) is 36.6 Å². The van der Waals surface area contributed by atoms with E-state index < -0.39 is 0 Å². The summed E-state index contributed by atoms with van der Waals surface area (Å²) >= 11 is 3.66. The lowest BCUT2D eigenvalue weighted by atomic mass is 9.82. The SMILES string of the molecule is CCN(CC1CC1)CC(CBr)C(C)(C)C. The van der Waals surface area contributed by atoms with Crippen LogP contribution in [0.15, 0.2) is 0 Å². The summed E-state index contributed by atoms with van der Waals surface area (Å²) in [6.07, 6.45) is 2.93. The maximum Gasteiger partial charge on any atom is 0.00768 e. The molecule has 1 aliphatic carbocycles. The van der Waals surface area contributed by atoms with E-state index in [2.05, 4.69) is 48.5 Å². The molecule has 1 saturated carbocycles. The van der Waals surface area contributed by atoms with Crippen molar-refractivity contribution in [1.29, 1.82) is 0 Å². The molecule has 1 rings (SSSR count). The van der Waals surface area contributed by atoms with Crippen molar-refractivity contribution in [1.82, 2.24) is 4.90 Å². The third kappa shape index (κ3) is 4.86. The zero-order valence-corrected chi connectivity index (χ0v) is 12.3. The Kier molecular flexibility index (Phi) is 5.11. The molecule has 0 aromatic carbocycles. The summed E-state index contributed by atoms with van der Waals surface area (Å²) in [4.78, 5) is 2.63. The molecule has 1 aliphatic rings. The van der Waals surface area contributed by atoms with Crippen molar-refractivity contribution < 1.29 is 0 Å². The van der Waals surface area contributed by atoms with Crippen LogP contribution < -0.4 is 0 Å². The zero-order valence-electron chi connectivity index (χ0n) is 10.7. The van der Waals surface area contributed by atoms with E-state index in [1.165, 1.54) is 32.5 Å².